The predicted molar refractivity (Wildman–Crippen MR) is 78.1 cm³/mol. The molecule has 18 heavy (non-hydrogen) atoms. The van der Waals surface area contributed by atoms with Gasteiger partial charge in [0.1, 0.15) is 5.38 Å². The quantitative estimate of drug-likeness (QED) is 0.860. The fourth-order valence-electron chi connectivity index (χ4n) is 2.06. The Kier molecular flexibility index (Phi) is 5.39. The van der Waals surface area contributed by atoms with Crippen LogP contribution >= 0.6 is 23.4 Å². The van der Waals surface area contributed by atoms with Crippen LogP contribution in [0.5, 0.6) is 0 Å². The second-order valence-corrected chi connectivity index (χ2v) is 6.24. The van der Waals surface area contributed by atoms with Crippen LogP contribution in [0.25, 0.3) is 0 Å². The lowest BCUT2D eigenvalue weighted by Gasteiger charge is -2.22. The molecule has 1 saturated heterocycles. The Morgan fingerprint density at radius 1 is 1.33 bits per heavy atom. The fraction of sp³-hybridized carbons (Fsp3) is 0.500. The largest absolute Gasteiger partial charge is 0.354 e. The van der Waals surface area contributed by atoms with Gasteiger partial charge in [0, 0.05) is 6.54 Å². The van der Waals surface area contributed by atoms with Gasteiger partial charge in [-0.2, -0.15) is 11.8 Å². The minimum absolute atomic E-state index is 0.0823. The summed E-state index contributed by atoms with van der Waals surface area (Å²) >= 11 is 8.16. The lowest BCUT2D eigenvalue weighted by molar-refractivity contribution is -0.121. The van der Waals surface area contributed by atoms with Crippen LogP contribution in [0, 0.1) is 5.92 Å². The summed E-state index contributed by atoms with van der Waals surface area (Å²) in [5, 5.41) is 2.39. The van der Waals surface area contributed by atoms with Crippen LogP contribution in [0.15, 0.2) is 30.3 Å². The van der Waals surface area contributed by atoms with Gasteiger partial charge in [-0.1, -0.05) is 30.3 Å². The molecule has 0 aliphatic carbocycles. The van der Waals surface area contributed by atoms with Gasteiger partial charge >= 0.3 is 0 Å². The van der Waals surface area contributed by atoms with Crippen LogP contribution in [-0.4, -0.2) is 24.0 Å². The van der Waals surface area contributed by atoms with E-state index < -0.39 is 5.38 Å². The summed E-state index contributed by atoms with van der Waals surface area (Å²) in [6.45, 7) is 0.759. The summed E-state index contributed by atoms with van der Waals surface area (Å²) in [6, 6.07) is 9.49. The minimum atomic E-state index is -0.579. The second-order valence-electron chi connectivity index (χ2n) is 4.57. The van der Waals surface area contributed by atoms with Crippen LogP contribution in [0.4, 0.5) is 0 Å². The number of thioether (sulfide) groups is 1. The van der Waals surface area contributed by atoms with Crippen molar-refractivity contribution in [3.05, 3.63) is 35.9 Å². The van der Waals surface area contributed by atoms with Crippen LogP contribution in [-0.2, 0) is 4.79 Å². The maximum atomic E-state index is 11.9. The zero-order valence-corrected chi connectivity index (χ0v) is 11.8. The monoisotopic (exact) mass is 283 g/mol. The zero-order chi connectivity index (χ0) is 12.8. The fourth-order valence-corrected chi connectivity index (χ4v) is 3.49. The molecule has 0 radical (unpaired) electrons. The molecule has 1 unspecified atom stereocenters. The molecule has 2 nitrogen and oxygen atoms in total. The zero-order valence-electron chi connectivity index (χ0n) is 10.3. The minimum Gasteiger partial charge on any atom is -0.354 e. The molecule has 0 bridgehead atoms. The Hall–Kier alpha value is -0.670. The predicted octanol–water partition coefficient (Wildman–Crippen LogP) is 3.23. The Morgan fingerprint density at radius 3 is 2.67 bits per heavy atom. The summed E-state index contributed by atoms with van der Waals surface area (Å²) in [7, 11) is 0. The van der Waals surface area contributed by atoms with Crippen LogP contribution in [0.1, 0.15) is 23.8 Å². The van der Waals surface area contributed by atoms with Crippen LogP contribution in [0.2, 0.25) is 0 Å². The number of nitrogens with one attached hydrogen (secondary N) is 1. The molecule has 2 rings (SSSR count). The number of hydrogen-bond acceptors (Lipinski definition) is 2. The highest BCUT2D eigenvalue weighted by molar-refractivity contribution is 7.99. The number of carbonyl (C=O) groups is 1. The first kappa shape index (κ1) is 13.8. The number of carbonyl (C=O) groups excluding carboxylic acids is 1. The average Bonchev–Trinajstić information content (AvgIpc) is 2.46. The van der Waals surface area contributed by atoms with Gasteiger partial charge in [-0.25, -0.2) is 0 Å². The van der Waals surface area contributed by atoms with E-state index in [1.165, 1.54) is 24.3 Å². The molecule has 1 N–H and O–H groups in total. The van der Waals surface area contributed by atoms with Crippen molar-refractivity contribution in [2.45, 2.75) is 18.2 Å². The standard InChI is InChI=1S/C14H18ClNOS/c15-13(12-4-2-1-3-5-12)14(17)16-10-11-6-8-18-9-7-11/h1-5,11,13H,6-10H2,(H,16,17). The van der Waals surface area contributed by atoms with E-state index in [1.807, 2.05) is 42.1 Å². The van der Waals surface area contributed by atoms with E-state index in [9.17, 15) is 4.79 Å². The van der Waals surface area contributed by atoms with E-state index in [0.29, 0.717) is 5.92 Å². The van der Waals surface area contributed by atoms with Gasteiger partial charge in [0.2, 0.25) is 5.91 Å². The van der Waals surface area contributed by atoms with Crippen molar-refractivity contribution >= 4 is 29.3 Å². The van der Waals surface area contributed by atoms with E-state index in [4.69, 9.17) is 11.6 Å². The lowest BCUT2D eigenvalue weighted by Crippen LogP contribution is -2.33. The molecule has 0 saturated carbocycles. The second kappa shape index (κ2) is 7.05. The van der Waals surface area contributed by atoms with Gasteiger partial charge in [0.05, 0.1) is 0 Å². The summed E-state index contributed by atoms with van der Waals surface area (Å²) in [5.74, 6) is 2.96. The number of hydrogen-bond donors (Lipinski definition) is 1. The molecule has 1 aromatic rings. The van der Waals surface area contributed by atoms with E-state index in [-0.39, 0.29) is 5.91 Å². The van der Waals surface area contributed by atoms with Crippen molar-refractivity contribution in [1.29, 1.82) is 0 Å². The first-order chi connectivity index (χ1) is 8.77. The van der Waals surface area contributed by atoms with Gasteiger partial charge in [-0.3, -0.25) is 4.79 Å². The number of alkyl halides is 1. The molecule has 98 valence electrons. The maximum Gasteiger partial charge on any atom is 0.242 e. The third-order valence-corrected chi connectivity index (χ3v) is 4.73. The Bertz CT molecular complexity index is 379. The highest BCUT2D eigenvalue weighted by atomic mass is 35.5. The van der Waals surface area contributed by atoms with Crippen molar-refractivity contribution in [3.8, 4) is 0 Å². The number of amides is 1. The van der Waals surface area contributed by atoms with Crippen LogP contribution in [0.3, 0.4) is 0 Å². The third kappa shape index (κ3) is 3.92. The van der Waals surface area contributed by atoms with Crippen molar-refractivity contribution < 1.29 is 4.79 Å². The Labute approximate surface area is 117 Å². The third-order valence-electron chi connectivity index (χ3n) is 3.23. The van der Waals surface area contributed by atoms with Gasteiger partial charge in [0.25, 0.3) is 0 Å². The van der Waals surface area contributed by atoms with Crippen molar-refractivity contribution in [2.75, 3.05) is 18.1 Å². The maximum absolute atomic E-state index is 11.9. The lowest BCUT2D eigenvalue weighted by atomic mass is 10.0. The molecule has 1 aromatic carbocycles. The van der Waals surface area contributed by atoms with Gasteiger partial charge in [-0.15, -0.1) is 11.6 Å². The van der Waals surface area contributed by atoms with E-state index in [0.717, 1.165) is 12.1 Å². The molecule has 1 atom stereocenters. The highest BCUT2D eigenvalue weighted by Crippen LogP contribution is 2.23. The molecule has 1 aliphatic heterocycles. The summed E-state index contributed by atoms with van der Waals surface area (Å²) in [6.07, 6.45) is 2.40. The molecule has 0 spiro atoms. The van der Waals surface area contributed by atoms with E-state index >= 15 is 0 Å². The van der Waals surface area contributed by atoms with Gasteiger partial charge in [-0.05, 0) is 35.8 Å². The highest BCUT2D eigenvalue weighted by Gasteiger charge is 2.19. The van der Waals surface area contributed by atoms with Gasteiger partial charge in [0.15, 0.2) is 0 Å². The Balaban J connectivity index is 1.80. The SMILES string of the molecule is O=C(NCC1CCSCC1)C(Cl)c1ccccc1. The van der Waals surface area contributed by atoms with E-state index in [2.05, 4.69) is 5.32 Å². The molecule has 1 heterocycles. The topological polar surface area (TPSA) is 29.1 Å². The number of halogens is 1. The molecule has 1 amide bonds. The first-order valence-electron chi connectivity index (χ1n) is 6.32. The van der Waals surface area contributed by atoms with Crippen molar-refractivity contribution in [2.24, 2.45) is 5.92 Å². The normalized spacial score (nSPS) is 18.3. The molecule has 1 aliphatic rings. The van der Waals surface area contributed by atoms with Crippen LogP contribution < -0.4 is 5.32 Å². The molecular formula is C14H18ClNOS. The number of benzene rings is 1. The average molecular weight is 284 g/mol. The molecule has 0 aromatic heterocycles. The summed E-state index contributed by atoms with van der Waals surface area (Å²) in [5.41, 5.74) is 0.857. The molecular weight excluding hydrogens is 266 g/mol. The van der Waals surface area contributed by atoms with Crippen molar-refractivity contribution in [1.82, 2.24) is 5.32 Å². The van der Waals surface area contributed by atoms with Crippen molar-refractivity contribution in [3.63, 3.8) is 0 Å². The van der Waals surface area contributed by atoms with E-state index in [1.54, 1.807) is 0 Å². The molecule has 1 fully saturated rings. The first-order valence-corrected chi connectivity index (χ1v) is 7.91. The summed E-state index contributed by atoms with van der Waals surface area (Å²) in [4.78, 5) is 11.9. The smallest absolute Gasteiger partial charge is 0.242 e. The summed E-state index contributed by atoms with van der Waals surface area (Å²) < 4.78 is 0. The number of rotatable bonds is 4. The Morgan fingerprint density at radius 2 is 2.00 bits per heavy atom. The van der Waals surface area contributed by atoms with Gasteiger partial charge < -0.3 is 5.32 Å². The molecule has 4 heteroatoms.